The summed E-state index contributed by atoms with van der Waals surface area (Å²) in [6.45, 7) is 8.69. The second-order valence-corrected chi connectivity index (χ2v) is 7.74. The van der Waals surface area contributed by atoms with Crippen LogP contribution in [0.5, 0.6) is 0 Å². The predicted octanol–water partition coefficient (Wildman–Crippen LogP) is 3.46. The molecule has 1 amide bonds. The first-order chi connectivity index (χ1) is 9.89. The van der Waals surface area contributed by atoms with Crippen LogP contribution in [-0.2, 0) is 4.74 Å². The lowest BCUT2D eigenvalue weighted by Crippen LogP contribution is -2.42. The molecule has 0 bridgehead atoms. The van der Waals surface area contributed by atoms with Gasteiger partial charge in [0.05, 0.1) is 0 Å². The van der Waals surface area contributed by atoms with Gasteiger partial charge in [0.2, 0.25) is 0 Å². The van der Waals surface area contributed by atoms with Crippen LogP contribution < -0.4 is 10.6 Å². The van der Waals surface area contributed by atoms with Gasteiger partial charge < -0.3 is 15.4 Å². The first-order valence-electron chi connectivity index (χ1n) is 8.62. The van der Waals surface area contributed by atoms with Crippen molar-refractivity contribution >= 4 is 6.09 Å². The Morgan fingerprint density at radius 3 is 2.62 bits per heavy atom. The van der Waals surface area contributed by atoms with E-state index in [4.69, 9.17) is 4.74 Å². The number of nitrogens with one attached hydrogen (secondary N) is 2. The first kappa shape index (κ1) is 16.6. The van der Waals surface area contributed by atoms with Crippen LogP contribution in [0.15, 0.2) is 0 Å². The van der Waals surface area contributed by atoms with Gasteiger partial charge in [0.25, 0.3) is 0 Å². The van der Waals surface area contributed by atoms with Crippen molar-refractivity contribution in [2.24, 2.45) is 11.8 Å². The van der Waals surface area contributed by atoms with Crippen molar-refractivity contribution in [1.82, 2.24) is 10.6 Å². The molecule has 0 aromatic carbocycles. The summed E-state index contributed by atoms with van der Waals surface area (Å²) in [4.78, 5) is 11.7. The number of carbonyl (C=O) groups is 1. The monoisotopic (exact) mass is 296 g/mol. The third-order valence-corrected chi connectivity index (χ3v) is 4.58. The Kier molecular flexibility index (Phi) is 5.53. The summed E-state index contributed by atoms with van der Waals surface area (Å²) in [5, 5.41) is 6.76. The van der Waals surface area contributed by atoms with E-state index < -0.39 is 5.60 Å². The fraction of sp³-hybridized carbons (Fsp3) is 0.941. The van der Waals surface area contributed by atoms with Crippen LogP contribution in [0.2, 0.25) is 0 Å². The van der Waals surface area contributed by atoms with Gasteiger partial charge >= 0.3 is 6.09 Å². The average molecular weight is 296 g/mol. The highest BCUT2D eigenvalue weighted by Gasteiger charge is 2.39. The molecule has 4 heteroatoms. The zero-order chi connectivity index (χ0) is 15.5. The largest absolute Gasteiger partial charge is 0.444 e. The van der Waals surface area contributed by atoms with Gasteiger partial charge in [-0.2, -0.15) is 0 Å². The number of hydrogen-bond donors (Lipinski definition) is 2. The minimum Gasteiger partial charge on any atom is -0.444 e. The Bertz CT molecular complexity index is 351. The molecular weight excluding hydrogens is 264 g/mol. The highest BCUT2D eigenvalue weighted by Crippen LogP contribution is 2.37. The van der Waals surface area contributed by atoms with Gasteiger partial charge in [-0.25, -0.2) is 4.79 Å². The number of amides is 1. The second kappa shape index (κ2) is 6.99. The standard InChI is InChI=1S/C17H32N2O2/c1-5-7-12-10-15(12)19-14-9-6-8-13(14)11-18-16(20)21-17(2,3)4/h12-15,19H,5-11H2,1-4H3,(H,18,20). The van der Waals surface area contributed by atoms with Crippen LogP contribution >= 0.6 is 0 Å². The molecule has 2 N–H and O–H groups in total. The van der Waals surface area contributed by atoms with Crippen molar-refractivity contribution in [2.75, 3.05) is 6.54 Å². The lowest BCUT2D eigenvalue weighted by Gasteiger charge is -2.24. The normalized spacial score (nSPS) is 32.0. The fourth-order valence-corrected chi connectivity index (χ4v) is 3.45. The first-order valence-corrected chi connectivity index (χ1v) is 8.62. The molecule has 0 heterocycles. The molecule has 0 spiro atoms. The molecule has 2 aliphatic carbocycles. The van der Waals surface area contributed by atoms with Crippen LogP contribution in [0.1, 0.15) is 66.2 Å². The van der Waals surface area contributed by atoms with Crippen molar-refractivity contribution in [3.8, 4) is 0 Å². The van der Waals surface area contributed by atoms with Gasteiger partial charge in [-0.05, 0) is 58.3 Å². The highest BCUT2D eigenvalue weighted by molar-refractivity contribution is 5.67. The van der Waals surface area contributed by atoms with Gasteiger partial charge in [0.15, 0.2) is 0 Å². The number of hydrogen-bond acceptors (Lipinski definition) is 3. The Balaban J connectivity index is 1.69. The van der Waals surface area contributed by atoms with E-state index in [0.29, 0.717) is 12.0 Å². The number of carbonyl (C=O) groups excluding carboxylic acids is 1. The lowest BCUT2D eigenvalue weighted by molar-refractivity contribution is 0.0517. The molecule has 0 aromatic rings. The Morgan fingerprint density at radius 2 is 1.95 bits per heavy atom. The highest BCUT2D eigenvalue weighted by atomic mass is 16.6. The molecule has 2 saturated carbocycles. The summed E-state index contributed by atoms with van der Waals surface area (Å²) in [5.74, 6) is 1.45. The quantitative estimate of drug-likeness (QED) is 0.789. The van der Waals surface area contributed by atoms with Crippen LogP contribution in [0.3, 0.4) is 0 Å². The molecule has 4 atom stereocenters. The predicted molar refractivity (Wildman–Crippen MR) is 85.3 cm³/mol. The Hall–Kier alpha value is -0.770. The minimum absolute atomic E-state index is 0.288. The molecule has 122 valence electrons. The minimum atomic E-state index is -0.418. The molecule has 0 aromatic heterocycles. The van der Waals surface area contributed by atoms with Gasteiger partial charge in [-0.1, -0.05) is 19.8 Å². The summed E-state index contributed by atoms with van der Waals surface area (Å²) in [6, 6.07) is 1.31. The second-order valence-electron chi connectivity index (χ2n) is 7.74. The van der Waals surface area contributed by atoms with E-state index in [0.717, 1.165) is 18.5 Å². The molecular formula is C17H32N2O2. The molecule has 2 fully saturated rings. The molecule has 0 aliphatic heterocycles. The van der Waals surface area contributed by atoms with Crippen molar-refractivity contribution in [3.63, 3.8) is 0 Å². The molecule has 0 saturated heterocycles. The van der Waals surface area contributed by atoms with Crippen molar-refractivity contribution in [1.29, 1.82) is 0 Å². The van der Waals surface area contributed by atoms with E-state index in [1.165, 1.54) is 38.5 Å². The van der Waals surface area contributed by atoms with Crippen molar-refractivity contribution in [3.05, 3.63) is 0 Å². The topological polar surface area (TPSA) is 50.4 Å². The summed E-state index contributed by atoms with van der Waals surface area (Å²) in [5.41, 5.74) is -0.418. The van der Waals surface area contributed by atoms with Crippen LogP contribution in [0.4, 0.5) is 4.79 Å². The molecule has 4 nitrogen and oxygen atoms in total. The van der Waals surface area contributed by atoms with E-state index in [9.17, 15) is 4.79 Å². The molecule has 4 unspecified atom stereocenters. The van der Waals surface area contributed by atoms with Crippen molar-refractivity contribution in [2.45, 2.75) is 83.9 Å². The SMILES string of the molecule is CCCC1CC1NC1CCCC1CNC(=O)OC(C)(C)C. The van der Waals surface area contributed by atoms with E-state index in [1.807, 2.05) is 20.8 Å². The molecule has 0 radical (unpaired) electrons. The summed E-state index contributed by atoms with van der Waals surface area (Å²) in [7, 11) is 0. The molecule has 2 rings (SSSR count). The van der Waals surface area contributed by atoms with Crippen molar-refractivity contribution < 1.29 is 9.53 Å². The van der Waals surface area contributed by atoms with Crippen LogP contribution in [0, 0.1) is 11.8 Å². The third kappa shape index (κ3) is 5.50. The maximum atomic E-state index is 11.7. The number of alkyl carbamates (subject to hydrolysis) is 1. The fourth-order valence-electron chi connectivity index (χ4n) is 3.45. The zero-order valence-electron chi connectivity index (χ0n) is 14.1. The Labute approximate surface area is 129 Å². The number of rotatable bonds is 6. The zero-order valence-corrected chi connectivity index (χ0v) is 14.1. The maximum Gasteiger partial charge on any atom is 0.407 e. The smallest absolute Gasteiger partial charge is 0.407 e. The maximum absolute atomic E-state index is 11.7. The van der Waals surface area contributed by atoms with Gasteiger partial charge in [0, 0.05) is 18.6 Å². The van der Waals surface area contributed by atoms with Gasteiger partial charge in [-0.15, -0.1) is 0 Å². The van der Waals surface area contributed by atoms with E-state index in [1.54, 1.807) is 0 Å². The number of ether oxygens (including phenoxy) is 1. The van der Waals surface area contributed by atoms with E-state index in [2.05, 4.69) is 17.6 Å². The van der Waals surface area contributed by atoms with Crippen LogP contribution in [0.25, 0.3) is 0 Å². The van der Waals surface area contributed by atoms with E-state index >= 15 is 0 Å². The van der Waals surface area contributed by atoms with Gasteiger partial charge in [-0.3, -0.25) is 0 Å². The summed E-state index contributed by atoms with van der Waals surface area (Å²) >= 11 is 0. The van der Waals surface area contributed by atoms with E-state index in [-0.39, 0.29) is 6.09 Å². The lowest BCUT2D eigenvalue weighted by atomic mass is 10.0. The Morgan fingerprint density at radius 1 is 1.19 bits per heavy atom. The van der Waals surface area contributed by atoms with Crippen LogP contribution in [-0.4, -0.2) is 30.3 Å². The molecule has 21 heavy (non-hydrogen) atoms. The average Bonchev–Trinajstić information content (AvgIpc) is 2.93. The summed E-state index contributed by atoms with van der Waals surface area (Å²) < 4.78 is 5.30. The molecule has 2 aliphatic rings. The summed E-state index contributed by atoms with van der Waals surface area (Å²) in [6.07, 6.45) is 7.42. The van der Waals surface area contributed by atoms with Gasteiger partial charge in [0.1, 0.15) is 5.60 Å². The third-order valence-electron chi connectivity index (χ3n) is 4.58.